The molecule has 1 saturated heterocycles. The molecule has 1 atom stereocenters. The van der Waals surface area contributed by atoms with Crippen molar-refractivity contribution in [3.63, 3.8) is 0 Å². The molecular formula is C23H29FN2O2. The molecule has 28 heavy (non-hydrogen) atoms. The molecule has 3 rings (SSSR count). The van der Waals surface area contributed by atoms with Crippen LogP contribution in [0.5, 0.6) is 5.75 Å². The number of amides is 1. The molecule has 1 aliphatic heterocycles. The van der Waals surface area contributed by atoms with Gasteiger partial charge in [0.05, 0.1) is 6.04 Å². The molecule has 1 fully saturated rings. The molecule has 1 amide bonds. The molecule has 0 bridgehead atoms. The van der Waals surface area contributed by atoms with Crippen molar-refractivity contribution < 1.29 is 13.9 Å². The van der Waals surface area contributed by atoms with Crippen LogP contribution in [0.25, 0.3) is 0 Å². The summed E-state index contributed by atoms with van der Waals surface area (Å²) in [5.74, 6) is 0.791. The first-order chi connectivity index (χ1) is 13.5. The van der Waals surface area contributed by atoms with Crippen molar-refractivity contribution in [1.82, 2.24) is 10.2 Å². The fourth-order valence-electron chi connectivity index (χ4n) is 3.56. The largest absolute Gasteiger partial charge is 0.491 e. The van der Waals surface area contributed by atoms with Gasteiger partial charge in [-0.25, -0.2) is 4.39 Å². The lowest BCUT2D eigenvalue weighted by molar-refractivity contribution is -0.127. The van der Waals surface area contributed by atoms with Gasteiger partial charge >= 0.3 is 0 Å². The van der Waals surface area contributed by atoms with E-state index in [2.05, 4.69) is 10.2 Å². The molecule has 1 heterocycles. The van der Waals surface area contributed by atoms with E-state index in [1.165, 1.54) is 6.07 Å². The maximum atomic E-state index is 13.8. The van der Waals surface area contributed by atoms with Gasteiger partial charge in [0, 0.05) is 18.0 Å². The average molecular weight is 384 g/mol. The van der Waals surface area contributed by atoms with Crippen molar-refractivity contribution in [2.45, 2.75) is 39.3 Å². The fourth-order valence-corrected chi connectivity index (χ4v) is 3.56. The maximum Gasteiger partial charge on any atom is 0.223 e. The van der Waals surface area contributed by atoms with Crippen molar-refractivity contribution >= 4 is 5.91 Å². The Labute approximate surface area is 166 Å². The first-order valence-corrected chi connectivity index (χ1v) is 9.97. The van der Waals surface area contributed by atoms with Gasteiger partial charge in [-0.2, -0.15) is 0 Å². The summed E-state index contributed by atoms with van der Waals surface area (Å²) in [7, 11) is 0. The van der Waals surface area contributed by atoms with E-state index < -0.39 is 0 Å². The molecule has 0 saturated carbocycles. The Bertz CT molecular complexity index is 788. The lowest BCUT2D eigenvalue weighted by Gasteiger charge is -2.32. The first-order valence-electron chi connectivity index (χ1n) is 9.97. The minimum absolute atomic E-state index is 0.0118. The molecule has 4 nitrogen and oxygen atoms in total. The number of hydrogen-bond acceptors (Lipinski definition) is 3. The molecule has 0 radical (unpaired) electrons. The maximum absolute atomic E-state index is 13.8. The third-order valence-corrected chi connectivity index (χ3v) is 5.28. The van der Waals surface area contributed by atoms with Gasteiger partial charge in [-0.15, -0.1) is 0 Å². The predicted octanol–water partition coefficient (Wildman–Crippen LogP) is 3.93. The fraction of sp³-hybridized carbons (Fsp3) is 0.435. The first kappa shape index (κ1) is 20.3. The Hall–Kier alpha value is -2.40. The van der Waals surface area contributed by atoms with E-state index in [1.54, 1.807) is 6.07 Å². The number of piperidine rings is 1. The van der Waals surface area contributed by atoms with Crippen LogP contribution in [0.1, 0.15) is 30.9 Å². The highest BCUT2D eigenvalue weighted by Gasteiger charge is 2.26. The third-order valence-electron chi connectivity index (χ3n) is 5.28. The summed E-state index contributed by atoms with van der Waals surface area (Å²) in [5, 5.41) is 3.07. The number of nitrogens with one attached hydrogen (secondary N) is 1. The van der Waals surface area contributed by atoms with Crippen molar-refractivity contribution in [3.05, 3.63) is 65.5 Å². The summed E-state index contributed by atoms with van der Waals surface area (Å²) < 4.78 is 19.6. The van der Waals surface area contributed by atoms with Gasteiger partial charge in [0.15, 0.2) is 0 Å². The SMILES string of the molecule is Cc1ccccc1OC[C@H](C)NC(=O)C1CCN(Cc2ccccc2F)CC1. The van der Waals surface area contributed by atoms with E-state index >= 15 is 0 Å². The minimum atomic E-state index is -0.162. The number of para-hydroxylation sites is 1. The number of aryl methyl sites for hydroxylation is 1. The zero-order valence-corrected chi connectivity index (χ0v) is 16.7. The molecule has 1 aliphatic rings. The monoisotopic (exact) mass is 384 g/mol. The summed E-state index contributed by atoms with van der Waals surface area (Å²) in [6.07, 6.45) is 1.59. The number of ether oxygens (including phenoxy) is 1. The number of hydrogen-bond donors (Lipinski definition) is 1. The molecule has 0 aliphatic carbocycles. The summed E-state index contributed by atoms with van der Waals surface area (Å²) in [6.45, 7) is 6.63. The van der Waals surface area contributed by atoms with Gasteiger partial charge in [0.1, 0.15) is 18.2 Å². The standard InChI is InChI=1S/C23H29FN2O2/c1-17-7-3-6-10-22(17)28-16-18(2)25-23(27)19-11-13-26(14-12-19)15-20-8-4-5-9-21(20)24/h3-10,18-19H,11-16H2,1-2H3,(H,25,27)/t18-/m0/s1. The van der Waals surface area contributed by atoms with Crippen LogP contribution >= 0.6 is 0 Å². The van der Waals surface area contributed by atoms with Crippen LogP contribution in [0.3, 0.4) is 0 Å². The van der Waals surface area contributed by atoms with Gasteiger partial charge in [-0.3, -0.25) is 9.69 Å². The summed E-state index contributed by atoms with van der Waals surface area (Å²) in [4.78, 5) is 14.8. The lowest BCUT2D eigenvalue weighted by Crippen LogP contribution is -2.44. The van der Waals surface area contributed by atoms with Crippen molar-refractivity contribution in [2.24, 2.45) is 5.92 Å². The summed E-state index contributed by atoms with van der Waals surface area (Å²) in [6, 6.07) is 14.7. The third kappa shape index (κ3) is 5.55. The zero-order valence-electron chi connectivity index (χ0n) is 16.7. The molecule has 5 heteroatoms. The van der Waals surface area contributed by atoms with Gasteiger partial charge in [0.2, 0.25) is 5.91 Å². The Morgan fingerprint density at radius 3 is 2.57 bits per heavy atom. The van der Waals surface area contributed by atoms with Crippen LogP contribution in [-0.4, -0.2) is 36.5 Å². The van der Waals surface area contributed by atoms with Crippen LogP contribution in [0.4, 0.5) is 4.39 Å². The van der Waals surface area contributed by atoms with Gasteiger partial charge in [0.25, 0.3) is 0 Å². The Balaban J connectivity index is 1.41. The van der Waals surface area contributed by atoms with Gasteiger partial charge < -0.3 is 10.1 Å². The molecule has 150 valence electrons. The number of rotatable bonds is 7. The second-order valence-corrected chi connectivity index (χ2v) is 7.63. The highest BCUT2D eigenvalue weighted by molar-refractivity contribution is 5.79. The predicted molar refractivity (Wildman–Crippen MR) is 109 cm³/mol. The molecular weight excluding hydrogens is 355 g/mol. The van der Waals surface area contributed by atoms with E-state index in [-0.39, 0.29) is 23.7 Å². The summed E-state index contributed by atoms with van der Waals surface area (Å²) >= 11 is 0. The Morgan fingerprint density at radius 1 is 1.18 bits per heavy atom. The number of nitrogens with zero attached hydrogens (tertiary/aromatic N) is 1. The Morgan fingerprint density at radius 2 is 1.86 bits per heavy atom. The molecule has 2 aromatic carbocycles. The molecule has 0 aromatic heterocycles. The quantitative estimate of drug-likeness (QED) is 0.786. The van der Waals surface area contributed by atoms with Crippen molar-refractivity contribution in [2.75, 3.05) is 19.7 Å². The number of benzene rings is 2. The van der Waals surface area contributed by atoms with Crippen LogP contribution in [-0.2, 0) is 11.3 Å². The van der Waals surface area contributed by atoms with E-state index in [4.69, 9.17) is 4.74 Å². The normalized spacial score (nSPS) is 16.5. The Kier molecular flexibility index (Phi) is 7.04. The minimum Gasteiger partial charge on any atom is -0.491 e. The highest BCUT2D eigenvalue weighted by Crippen LogP contribution is 2.21. The smallest absolute Gasteiger partial charge is 0.223 e. The molecule has 0 spiro atoms. The average Bonchev–Trinajstić information content (AvgIpc) is 2.69. The highest BCUT2D eigenvalue weighted by atomic mass is 19.1. The van der Waals surface area contributed by atoms with Crippen LogP contribution in [0, 0.1) is 18.7 Å². The van der Waals surface area contributed by atoms with Crippen molar-refractivity contribution in [3.8, 4) is 5.75 Å². The van der Waals surface area contributed by atoms with E-state index in [0.29, 0.717) is 18.7 Å². The summed E-state index contributed by atoms with van der Waals surface area (Å²) in [5.41, 5.74) is 1.80. The van der Waals surface area contributed by atoms with Gasteiger partial charge in [-0.1, -0.05) is 36.4 Å². The zero-order chi connectivity index (χ0) is 19.9. The van der Waals surface area contributed by atoms with Crippen molar-refractivity contribution in [1.29, 1.82) is 0 Å². The molecule has 1 N–H and O–H groups in total. The van der Waals surface area contributed by atoms with Gasteiger partial charge in [-0.05, 0) is 57.5 Å². The van der Waals surface area contributed by atoms with E-state index in [0.717, 1.165) is 37.2 Å². The van der Waals surface area contributed by atoms with E-state index in [1.807, 2.05) is 50.2 Å². The van der Waals surface area contributed by atoms with E-state index in [9.17, 15) is 9.18 Å². The topological polar surface area (TPSA) is 41.6 Å². The lowest BCUT2D eigenvalue weighted by atomic mass is 9.95. The molecule has 0 unspecified atom stereocenters. The van der Waals surface area contributed by atoms with Crippen LogP contribution in [0.15, 0.2) is 48.5 Å². The second kappa shape index (κ2) is 9.69. The number of carbonyl (C=O) groups is 1. The van der Waals surface area contributed by atoms with Crippen LogP contribution in [0.2, 0.25) is 0 Å². The number of halogens is 1. The number of carbonyl (C=O) groups excluding carboxylic acids is 1. The number of likely N-dealkylation sites (tertiary alicyclic amines) is 1. The van der Waals surface area contributed by atoms with Crippen LogP contribution < -0.4 is 10.1 Å². The second-order valence-electron chi connectivity index (χ2n) is 7.63. The molecule has 2 aromatic rings.